The number of nitrogens with one attached hydrogen (secondary N) is 2. The Hall–Kier alpha value is -2.79. The number of benzene rings is 2. The van der Waals surface area contributed by atoms with Crippen LogP contribution < -0.4 is 10.1 Å². The summed E-state index contributed by atoms with van der Waals surface area (Å²) in [5.41, 5.74) is 3.39. The molecule has 0 aliphatic rings. The van der Waals surface area contributed by atoms with Crippen molar-refractivity contribution in [2.75, 3.05) is 12.4 Å². The van der Waals surface area contributed by atoms with Crippen LogP contribution in [0, 0.1) is 6.92 Å². The first kappa shape index (κ1) is 16.1. The van der Waals surface area contributed by atoms with Crippen molar-refractivity contribution >= 4 is 23.2 Å². The number of hydrogen-bond donors (Lipinski definition) is 2. The van der Waals surface area contributed by atoms with Crippen molar-refractivity contribution in [1.82, 2.24) is 10.2 Å². The normalized spacial score (nSPS) is 10.5. The number of ether oxygens (including phenoxy) is 1. The van der Waals surface area contributed by atoms with Gasteiger partial charge >= 0.3 is 0 Å². The number of rotatable bonds is 4. The number of methoxy groups -OCH3 is 1. The molecule has 0 radical (unpaired) electrons. The molecule has 0 spiro atoms. The molecule has 1 heterocycles. The molecule has 5 nitrogen and oxygen atoms in total. The summed E-state index contributed by atoms with van der Waals surface area (Å²) in [4.78, 5) is 12.5. The van der Waals surface area contributed by atoms with E-state index in [9.17, 15) is 4.79 Å². The number of hydrogen-bond acceptors (Lipinski definition) is 3. The molecule has 1 amide bonds. The van der Waals surface area contributed by atoms with Crippen LogP contribution in [0.4, 0.5) is 5.69 Å². The van der Waals surface area contributed by atoms with Crippen LogP contribution in [0.1, 0.15) is 16.1 Å². The largest absolute Gasteiger partial charge is 0.495 e. The zero-order valence-corrected chi connectivity index (χ0v) is 14.0. The molecule has 0 fully saturated rings. The van der Waals surface area contributed by atoms with E-state index in [0.717, 1.165) is 16.8 Å². The van der Waals surface area contributed by atoms with E-state index in [1.54, 1.807) is 31.4 Å². The van der Waals surface area contributed by atoms with Crippen LogP contribution >= 0.6 is 11.6 Å². The fourth-order valence-corrected chi connectivity index (χ4v) is 2.57. The van der Waals surface area contributed by atoms with E-state index < -0.39 is 0 Å². The van der Waals surface area contributed by atoms with Crippen molar-refractivity contribution in [2.24, 2.45) is 0 Å². The van der Waals surface area contributed by atoms with Gasteiger partial charge in [0, 0.05) is 16.1 Å². The summed E-state index contributed by atoms with van der Waals surface area (Å²) >= 11 is 5.91. The van der Waals surface area contributed by atoms with Crippen molar-refractivity contribution in [3.63, 3.8) is 0 Å². The maximum atomic E-state index is 12.5. The van der Waals surface area contributed by atoms with Gasteiger partial charge in [-0.1, -0.05) is 35.9 Å². The molecule has 0 bridgehead atoms. The molecule has 3 rings (SSSR count). The van der Waals surface area contributed by atoms with Crippen molar-refractivity contribution in [3.05, 3.63) is 64.8 Å². The zero-order chi connectivity index (χ0) is 17.1. The maximum absolute atomic E-state index is 12.5. The number of H-pyrrole nitrogens is 1. The van der Waals surface area contributed by atoms with E-state index >= 15 is 0 Å². The summed E-state index contributed by atoms with van der Waals surface area (Å²) in [6.45, 7) is 1.85. The minimum atomic E-state index is -0.273. The van der Waals surface area contributed by atoms with Crippen LogP contribution in [-0.4, -0.2) is 23.2 Å². The Bertz CT molecular complexity index is 872. The Kier molecular flexibility index (Phi) is 4.53. The highest BCUT2D eigenvalue weighted by Crippen LogP contribution is 2.27. The van der Waals surface area contributed by atoms with Gasteiger partial charge in [0.2, 0.25) is 0 Å². The van der Waals surface area contributed by atoms with Gasteiger partial charge in [-0.25, -0.2) is 0 Å². The van der Waals surface area contributed by atoms with Gasteiger partial charge in [-0.2, -0.15) is 5.10 Å². The van der Waals surface area contributed by atoms with Gasteiger partial charge in [0.15, 0.2) is 0 Å². The Balaban J connectivity index is 1.87. The summed E-state index contributed by atoms with van der Waals surface area (Å²) in [7, 11) is 1.56. The van der Waals surface area contributed by atoms with Crippen molar-refractivity contribution < 1.29 is 9.53 Å². The molecule has 0 unspecified atom stereocenters. The van der Waals surface area contributed by atoms with Crippen LogP contribution in [0.15, 0.2) is 48.5 Å². The summed E-state index contributed by atoms with van der Waals surface area (Å²) in [6.07, 6.45) is 0. The Morgan fingerprint density at radius 1 is 1.17 bits per heavy atom. The van der Waals surface area contributed by atoms with Crippen LogP contribution in [0.5, 0.6) is 5.75 Å². The van der Waals surface area contributed by atoms with Crippen molar-refractivity contribution in [2.45, 2.75) is 6.92 Å². The molecular formula is C18H16ClN3O2. The molecule has 2 aromatic carbocycles. The minimum absolute atomic E-state index is 0.273. The third kappa shape index (κ3) is 3.12. The number of halogens is 1. The second-order valence-corrected chi connectivity index (χ2v) is 5.67. The third-order valence-electron chi connectivity index (χ3n) is 3.71. The first-order chi connectivity index (χ1) is 11.6. The van der Waals surface area contributed by atoms with Crippen LogP contribution in [0.3, 0.4) is 0 Å². The Labute approximate surface area is 144 Å². The van der Waals surface area contributed by atoms with Crippen LogP contribution in [-0.2, 0) is 0 Å². The summed E-state index contributed by atoms with van der Waals surface area (Å²) in [5.74, 6) is 0.325. The Morgan fingerprint density at radius 2 is 1.88 bits per heavy atom. The fraction of sp³-hybridized carbons (Fsp3) is 0.111. The van der Waals surface area contributed by atoms with Gasteiger partial charge in [0.05, 0.1) is 18.5 Å². The molecule has 24 heavy (non-hydrogen) atoms. The fourth-order valence-electron chi connectivity index (χ4n) is 2.44. The molecular weight excluding hydrogens is 326 g/mol. The van der Waals surface area contributed by atoms with E-state index in [2.05, 4.69) is 15.5 Å². The smallest absolute Gasteiger partial charge is 0.274 e. The molecule has 0 aliphatic carbocycles. The van der Waals surface area contributed by atoms with Crippen molar-refractivity contribution in [1.29, 1.82) is 0 Å². The van der Waals surface area contributed by atoms with Crippen LogP contribution in [0.2, 0.25) is 5.02 Å². The highest BCUT2D eigenvalue weighted by Gasteiger charge is 2.18. The highest BCUT2D eigenvalue weighted by molar-refractivity contribution is 6.30. The Morgan fingerprint density at radius 3 is 2.58 bits per heavy atom. The second-order valence-electron chi connectivity index (χ2n) is 5.23. The van der Waals surface area contributed by atoms with Gasteiger partial charge in [-0.15, -0.1) is 0 Å². The molecule has 3 aromatic rings. The predicted octanol–water partition coefficient (Wildman–Crippen LogP) is 4.30. The molecule has 1 aromatic heterocycles. The molecule has 0 saturated carbocycles. The average Bonchev–Trinajstić information content (AvgIpc) is 2.98. The average molecular weight is 342 g/mol. The maximum Gasteiger partial charge on any atom is 0.274 e. The molecule has 0 aliphatic heterocycles. The number of amides is 1. The standard InChI is InChI=1S/C18H16ClN3O2/c1-11-16(12-7-9-13(19)10-8-12)21-22-17(11)18(23)20-14-5-3-4-6-15(14)24-2/h3-10H,1-2H3,(H,20,23)(H,21,22). The monoisotopic (exact) mass is 341 g/mol. The minimum Gasteiger partial charge on any atom is -0.495 e. The lowest BCUT2D eigenvalue weighted by molar-refractivity contribution is 0.102. The third-order valence-corrected chi connectivity index (χ3v) is 3.96. The quantitative estimate of drug-likeness (QED) is 0.743. The molecule has 0 atom stereocenters. The van der Waals surface area contributed by atoms with Crippen LogP contribution in [0.25, 0.3) is 11.3 Å². The lowest BCUT2D eigenvalue weighted by atomic mass is 10.1. The van der Waals surface area contributed by atoms with E-state index in [-0.39, 0.29) is 5.91 Å². The van der Waals surface area contributed by atoms with E-state index in [0.29, 0.717) is 22.2 Å². The topological polar surface area (TPSA) is 67.0 Å². The zero-order valence-electron chi connectivity index (χ0n) is 13.3. The number of nitrogens with zero attached hydrogens (tertiary/aromatic N) is 1. The summed E-state index contributed by atoms with van der Waals surface area (Å²) in [6, 6.07) is 14.6. The number of carbonyl (C=O) groups excluding carboxylic acids is 1. The lowest BCUT2D eigenvalue weighted by Crippen LogP contribution is -2.14. The molecule has 6 heteroatoms. The summed E-state index contributed by atoms with van der Waals surface area (Å²) < 4.78 is 5.25. The van der Waals surface area contributed by atoms with Gasteiger partial charge in [0.1, 0.15) is 11.4 Å². The molecule has 122 valence electrons. The number of anilines is 1. The second kappa shape index (κ2) is 6.76. The number of aromatic amines is 1. The van der Waals surface area contributed by atoms with E-state index in [1.165, 1.54) is 0 Å². The number of para-hydroxylation sites is 2. The predicted molar refractivity (Wildman–Crippen MR) is 94.7 cm³/mol. The molecule has 0 saturated heterocycles. The number of carbonyl (C=O) groups is 1. The van der Waals surface area contributed by atoms with Crippen molar-refractivity contribution in [3.8, 4) is 17.0 Å². The lowest BCUT2D eigenvalue weighted by Gasteiger charge is -2.09. The van der Waals surface area contributed by atoms with Gasteiger partial charge in [-0.05, 0) is 31.2 Å². The van der Waals surface area contributed by atoms with Gasteiger partial charge < -0.3 is 10.1 Å². The highest BCUT2D eigenvalue weighted by atomic mass is 35.5. The SMILES string of the molecule is COc1ccccc1NC(=O)c1[nH]nc(-c2ccc(Cl)cc2)c1C. The van der Waals surface area contributed by atoms with E-state index in [1.807, 2.05) is 31.2 Å². The molecule has 2 N–H and O–H groups in total. The summed E-state index contributed by atoms with van der Waals surface area (Å²) in [5, 5.41) is 10.6. The van der Waals surface area contributed by atoms with E-state index in [4.69, 9.17) is 16.3 Å². The van der Waals surface area contributed by atoms with Gasteiger partial charge in [-0.3, -0.25) is 9.89 Å². The first-order valence-electron chi connectivity index (χ1n) is 7.35. The van der Waals surface area contributed by atoms with Gasteiger partial charge in [0.25, 0.3) is 5.91 Å². The first-order valence-corrected chi connectivity index (χ1v) is 7.73. The number of aromatic nitrogens is 2.